The molecule has 0 heterocycles. The molecule has 0 aliphatic rings. The maximum Gasteiger partial charge on any atom is 0.138 e. The predicted octanol–water partition coefficient (Wildman–Crippen LogP) is 5.09. The van der Waals surface area contributed by atoms with E-state index in [1.165, 1.54) is 11.1 Å². The first-order chi connectivity index (χ1) is 10.1. The molecule has 21 heavy (non-hydrogen) atoms. The van der Waals surface area contributed by atoms with Crippen LogP contribution in [0.4, 0.5) is 0 Å². The van der Waals surface area contributed by atoms with Crippen LogP contribution in [0.5, 0.6) is 5.75 Å². The minimum atomic E-state index is 0.563. The first-order valence-electron chi connectivity index (χ1n) is 6.90. The van der Waals surface area contributed by atoms with Crippen LogP contribution in [0.1, 0.15) is 18.1 Å². The van der Waals surface area contributed by atoms with Crippen LogP contribution in [0.15, 0.2) is 30.3 Å². The number of ether oxygens (including phenoxy) is 1. The number of aryl methyl sites for hydroxylation is 1. The second-order valence-corrected chi connectivity index (χ2v) is 5.72. The van der Waals surface area contributed by atoms with Gasteiger partial charge in [-0.25, -0.2) is 0 Å². The van der Waals surface area contributed by atoms with E-state index >= 15 is 0 Å². The Morgan fingerprint density at radius 2 is 1.81 bits per heavy atom. The average molecular weight is 324 g/mol. The lowest BCUT2D eigenvalue weighted by Crippen LogP contribution is -2.12. The Bertz CT molecular complexity index is 641. The van der Waals surface area contributed by atoms with Crippen LogP contribution in [0.2, 0.25) is 10.0 Å². The van der Waals surface area contributed by atoms with Gasteiger partial charge in [-0.3, -0.25) is 0 Å². The van der Waals surface area contributed by atoms with E-state index in [1.807, 2.05) is 6.07 Å². The van der Waals surface area contributed by atoms with Crippen LogP contribution in [-0.2, 0) is 6.54 Å². The fraction of sp³-hybridized carbons (Fsp3) is 0.294. The molecule has 0 radical (unpaired) electrons. The summed E-state index contributed by atoms with van der Waals surface area (Å²) < 4.78 is 5.21. The lowest BCUT2D eigenvalue weighted by Gasteiger charge is -2.14. The van der Waals surface area contributed by atoms with Gasteiger partial charge in [-0.1, -0.05) is 53.9 Å². The molecule has 0 unspecified atom stereocenters. The third kappa shape index (κ3) is 3.70. The maximum absolute atomic E-state index is 6.41. The smallest absolute Gasteiger partial charge is 0.138 e. The zero-order valence-corrected chi connectivity index (χ0v) is 14.0. The Morgan fingerprint density at radius 3 is 2.48 bits per heavy atom. The minimum absolute atomic E-state index is 0.563. The molecule has 2 rings (SSSR count). The summed E-state index contributed by atoms with van der Waals surface area (Å²) in [6.07, 6.45) is 0. The lowest BCUT2D eigenvalue weighted by molar-refractivity contribution is 0.415. The molecular formula is C17H19Cl2NO. The number of methoxy groups -OCH3 is 1. The standard InChI is InChI=1S/C17H19Cl2NO/c1-4-20-10-12-6-5-11(2)7-13(12)14-8-16(19)17(21-3)9-15(14)18/h5-9,20H,4,10H2,1-3H3. The molecule has 0 aliphatic heterocycles. The molecule has 0 atom stereocenters. The van der Waals surface area contributed by atoms with Crippen LogP contribution in [0.3, 0.4) is 0 Å². The minimum Gasteiger partial charge on any atom is -0.495 e. The van der Waals surface area contributed by atoms with E-state index < -0.39 is 0 Å². The first-order valence-corrected chi connectivity index (χ1v) is 7.66. The van der Waals surface area contributed by atoms with E-state index in [-0.39, 0.29) is 0 Å². The Labute approximate surface area is 136 Å². The van der Waals surface area contributed by atoms with E-state index in [0.29, 0.717) is 15.8 Å². The molecule has 1 N–H and O–H groups in total. The van der Waals surface area contributed by atoms with Crippen molar-refractivity contribution in [2.45, 2.75) is 20.4 Å². The number of hydrogen-bond acceptors (Lipinski definition) is 2. The predicted molar refractivity (Wildman–Crippen MR) is 90.6 cm³/mol. The summed E-state index contributed by atoms with van der Waals surface area (Å²) in [5.41, 5.74) is 4.42. The van der Waals surface area contributed by atoms with E-state index in [1.54, 1.807) is 13.2 Å². The average Bonchev–Trinajstić information content (AvgIpc) is 2.48. The summed E-state index contributed by atoms with van der Waals surface area (Å²) in [6.45, 7) is 5.88. The molecule has 112 valence electrons. The fourth-order valence-corrected chi connectivity index (χ4v) is 2.74. The first kappa shape index (κ1) is 16.2. The summed E-state index contributed by atoms with van der Waals surface area (Å²) >= 11 is 12.7. The van der Waals surface area contributed by atoms with E-state index in [4.69, 9.17) is 27.9 Å². The van der Waals surface area contributed by atoms with Crippen LogP contribution >= 0.6 is 23.2 Å². The quantitative estimate of drug-likeness (QED) is 0.827. The second kappa shape index (κ2) is 7.17. The highest BCUT2D eigenvalue weighted by atomic mass is 35.5. The summed E-state index contributed by atoms with van der Waals surface area (Å²) in [5.74, 6) is 0.589. The Balaban J connectivity index is 2.54. The number of rotatable bonds is 5. The van der Waals surface area contributed by atoms with Crippen molar-refractivity contribution in [1.82, 2.24) is 5.32 Å². The molecule has 0 amide bonds. The zero-order valence-electron chi connectivity index (χ0n) is 12.5. The maximum atomic E-state index is 6.41. The van der Waals surface area contributed by atoms with Gasteiger partial charge in [-0.2, -0.15) is 0 Å². The summed E-state index contributed by atoms with van der Waals surface area (Å²) in [5, 5.41) is 4.55. The van der Waals surface area contributed by atoms with Crippen molar-refractivity contribution in [3.05, 3.63) is 51.5 Å². The van der Waals surface area contributed by atoms with Crippen LogP contribution < -0.4 is 10.1 Å². The van der Waals surface area contributed by atoms with Gasteiger partial charge in [-0.15, -0.1) is 0 Å². The third-order valence-electron chi connectivity index (χ3n) is 3.36. The molecule has 2 nitrogen and oxygen atoms in total. The second-order valence-electron chi connectivity index (χ2n) is 4.91. The molecule has 0 aromatic heterocycles. The fourth-order valence-electron chi connectivity index (χ4n) is 2.25. The number of hydrogen-bond donors (Lipinski definition) is 1. The molecule has 0 bridgehead atoms. The highest BCUT2D eigenvalue weighted by Crippen LogP contribution is 2.38. The monoisotopic (exact) mass is 323 g/mol. The Hall–Kier alpha value is -1.22. The third-order valence-corrected chi connectivity index (χ3v) is 3.97. The van der Waals surface area contributed by atoms with E-state index in [2.05, 4.69) is 37.4 Å². The number of halogens is 2. The van der Waals surface area contributed by atoms with Gasteiger partial charge < -0.3 is 10.1 Å². The molecule has 0 saturated heterocycles. The van der Waals surface area contributed by atoms with Gasteiger partial charge in [0.2, 0.25) is 0 Å². The number of benzene rings is 2. The molecule has 0 aliphatic carbocycles. The highest BCUT2D eigenvalue weighted by Gasteiger charge is 2.13. The van der Waals surface area contributed by atoms with Gasteiger partial charge in [0.05, 0.1) is 17.2 Å². The summed E-state index contributed by atoms with van der Waals surface area (Å²) in [4.78, 5) is 0. The van der Waals surface area contributed by atoms with Crippen molar-refractivity contribution in [1.29, 1.82) is 0 Å². The van der Waals surface area contributed by atoms with Crippen molar-refractivity contribution in [3.63, 3.8) is 0 Å². The molecule has 0 fully saturated rings. The van der Waals surface area contributed by atoms with Crippen LogP contribution in [0.25, 0.3) is 11.1 Å². The van der Waals surface area contributed by atoms with Crippen molar-refractivity contribution in [2.75, 3.05) is 13.7 Å². The van der Waals surface area contributed by atoms with Gasteiger partial charge in [0.15, 0.2) is 0 Å². The number of nitrogens with one attached hydrogen (secondary N) is 1. The molecule has 2 aromatic carbocycles. The molecule has 0 spiro atoms. The normalized spacial score (nSPS) is 10.7. The van der Waals surface area contributed by atoms with E-state index in [9.17, 15) is 0 Å². The molecular weight excluding hydrogens is 305 g/mol. The molecule has 0 saturated carbocycles. The van der Waals surface area contributed by atoms with Gasteiger partial charge in [0, 0.05) is 18.2 Å². The lowest BCUT2D eigenvalue weighted by atomic mass is 9.97. The largest absolute Gasteiger partial charge is 0.495 e. The van der Waals surface area contributed by atoms with Crippen LogP contribution in [-0.4, -0.2) is 13.7 Å². The summed E-state index contributed by atoms with van der Waals surface area (Å²) in [6, 6.07) is 10.00. The van der Waals surface area contributed by atoms with Gasteiger partial charge in [-0.05, 0) is 30.7 Å². The Kier molecular flexibility index (Phi) is 5.51. The summed E-state index contributed by atoms with van der Waals surface area (Å²) in [7, 11) is 1.58. The van der Waals surface area contributed by atoms with E-state index in [0.717, 1.165) is 24.2 Å². The molecule has 2 aromatic rings. The van der Waals surface area contributed by atoms with Crippen molar-refractivity contribution < 1.29 is 4.74 Å². The van der Waals surface area contributed by atoms with Crippen molar-refractivity contribution in [3.8, 4) is 16.9 Å². The van der Waals surface area contributed by atoms with Gasteiger partial charge in [0.1, 0.15) is 5.75 Å². The van der Waals surface area contributed by atoms with Crippen LogP contribution in [0, 0.1) is 6.92 Å². The zero-order chi connectivity index (χ0) is 15.4. The van der Waals surface area contributed by atoms with Crippen molar-refractivity contribution in [2.24, 2.45) is 0 Å². The van der Waals surface area contributed by atoms with Gasteiger partial charge in [0.25, 0.3) is 0 Å². The SMILES string of the molecule is CCNCc1ccc(C)cc1-c1cc(Cl)c(OC)cc1Cl. The Morgan fingerprint density at radius 1 is 1.05 bits per heavy atom. The van der Waals surface area contributed by atoms with Crippen molar-refractivity contribution >= 4 is 23.2 Å². The topological polar surface area (TPSA) is 21.3 Å². The van der Waals surface area contributed by atoms with Gasteiger partial charge >= 0.3 is 0 Å². The molecule has 4 heteroatoms. The highest BCUT2D eigenvalue weighted by molar-refractivity contribution is 6.36.